The van der Waals surface area contributed by atoms with Gasteiger partial charge < -0.3 is 10.2 Å². The number of hydrogen-bond donors (Lipinski definition) is 1. The van der Waals surface area contributed by atoms with E-state index in [2.05, 4.69) is 15.3 Å². The maximum absolute atomic E-state index is 13.1. The number of amides is 1. The van der Waals surface area contributed by atoms with Gasteiger partial charge in [-0.3, -0.25) is 4.79 Å². The van der Waals surface area contributed by atoms with Crippen molar-refractivity contribution >= 4 is 17.5 Å². The Bertz CT molecular complexity index is 913. The van der Waals surface area contributed by atoms with Crippen LogP contribution in [0.1, 0.15) is 28.7 Å². The molecule has 0 atom stereocenters. The van der Waals surface area contributed by atoms with E-state index < -0.39 is 0 Å². The highest BCUT2D eigenvalue weighted by Crippen LogP contribution is 2.16. The highest BCUT2D eigenvalue weighted by atomic mass is 19.1. The smallest absolute Gasteiger partial charge is 0.272 e. The lowest BCUT2D eigenvalue weighted by molar-refractivity contribution is 0.0746. The van der Waals surface area contributed by atoms with Crippen LogP contribution >= 0.6 is 0 Å². The number of halogens is 1. The van der Waals surface area contributed by atoms with Gasteiger partial charge in [-0.05, 0) is 49.7 Å². The van der Waals surface area contributed by atoms with Crippen LogP contribution in [0.25, 0.3) is 0 Å². The fraction of sp³-hybridized carbons (Fsp3) is 0.190. The molecular formula is C21H21FN4O. The number of rotatable bonds is 6. The molecule has 0 radical (unpaired) electrons. The van der Waals surface area contributed by atoms with Gasteiger partial charge in [-0.15, -0.1) is 0 Å². The summed E-state index contributed by atoms with van der Waals surface area (Å²) >= 11 is 0. The van der Waals surface area contributed by atoms with Gasteiger partial charge in [-0.2, -0.15) is 0 Å². The first-order valence-corrected chi connectivity index (χ1v) is 8.76. The monoisotopic (exact) mass is 364 g/mol. The Balaban J connectivity index is 1.81. The molecule has 1 N–H and O–H groups in total. The van der Waals surface area contributed by atoms with Crippen LogP contribution in [-0.2, 0) is 6.54 Å². The summed E-state index contributed by atoms with van der Waals surface area (Å²) in [6.07, 6.45) is 0. The number of nitrogens with zero attached hydrogens (tertiary/aromatic N) is 3. The lowest BCUT2D eigenvalue weighted by Gasteiger charge is -2.21. The molecule has 0 aliphatic rings. The molecule has 0 saturated heterocycles. The van der Waals surface area contributed by atoms with Crippen molar-refractivity contribution in [3.05, 3.63) is 83.4 Å². The predicted molar refractivity (Wildman–Crippen MR) is 103 cm³/mol. The van der Waals surface area contributed by atoms with E-state index in [-0.39, 0.29) is 11.7 Å². The minimum Gasteiger partial charge on any atom is -0.333 e. The minimum absolute atomic E-state index is 0.158. The second-order valence-corrected chi connectivity index (χ2v) is 6.15. The van der Waals surface area contributed by atoms with E-state index in [0.717, 1.165) is 5.56 Å². The fourth-order valence-corrected chi connectivity index (χ4v) is 2.69. The van der Waals surface area contributed by atoms with E-state index in [1.54, 1.807) is 23.1 Å². The zero-order valence-electron chi connectivity index (χ0n) is 15.3. The molecule has 0 saturated carbocycles. The molecule has 1 aromatic heterocycles. The molecule has 27 heavy (non-hydrogen) atoms. The van der Waals surface area contributed by atoms with Gasteiger partial charge in [-0.25, -0.2) is 14.4 Å². The van der Waals surface area contributed by atoms with E-state index in [1.165, 1.54) is 12.1 Å². The van der Waals surface area contributed by atoms with Crippen molar-refractivity contribution in [3.63, 3.8) is 0 Å². The van der Waals surface area contributed by atoms with Gasteiger partial charge in [0.05, 0.1) is 0 Å². The quantitative estimate of drug-likeness (QED) is 0.707. The molecule has 3 rings (SSSR count). The zero-order valence-corrected chi connectivity index (χ0v) is 15.3. The number of aromatic nitrogens is 2. The molecule has 0 fully saturated rings. The Kier molecular flexibility index (Phi) is 5.76. The second-order valence-electron chi connectivity index (χ2n) is 6.15. The third kappa shape index (κ3) is 4.88. The summed E-state index contributed by atoms with van der Waals surface area (Å²) in [5.41, 5.74) is 2.71. The normalized spacial score (nSPS) is 10.5. The lowest BCUT2D eigenvalue weighted by Crippen LogP contribution is -2.31. The Morgan fingerprint density at radius 3 is 2.44 bits per heavy atom. The third-order valence-electron chi connectivity index (χ3n) is 4.06. The van der Waals surface area contributed by atoms with Gasteiger partial charge >= 0.3 is 0 Å². The van der Waals surface area contributed by atoms with Crippen LogP contribution < -0.4 is 5.32 Å². The average Bonchev–Trinajstić information content (AvgIpc) is 2.68. The summed E-state index contributed by atoms with van der Waals surface area (Å²) in [6, 6.07) is 17.4. The summed E-state index contributed by atoms with van der Waals surface area (Å²) in [4.78, 5) is 23.3. The molecular weight excluding hydrogens is 343 g/mol. The standard InChI is InChI=1S/C21H21FN4O/c1-3-26(14-16-7-5-4-6-8-16)20(27)19-13-15(2)23-21(25-19)24-18-11-9-17(22)10-12-18/h4-13H,3,14H2,1-2H3,(H,23,24,25). The minimum atomic E-state index is -0.318. The maximum Gasteiger partial charge on any atom is 0.272 e. The second kappa shape index (κ2) is 8.40. The van der Waals surface area contributed by atoms with Crippen LogP contribution in [-0.4, -0.2) is 27.3 Å². The van der Waals surface area contributed by atoms with Crippen LogP contribution in [0, 0.1) is 12.7 Å². The molecule has 138 valence electrons. The van der Waals surface area contributed by atoms with Crippen LogP contribution in [0.15, 0.2) is 60.7 Å². The van der Waals surface area contributed by atoms with E-state index >= 15 is 0 Å². The zero-order chi connectivity index (χ0) is 19.2. The summed E-state index contributed by atoms with van der Waals surface area (Å²) in [5, 5.41) is 3.01. The molecule has 1 heterocycles. The van der Waals surface area contributed by atoms with Gasteiger partial charge in [0.1, 0.15) is 11.5 Å². The number of anilines is 2. The lowest BCUT2D eigenvalue weighted by atomic mass is 10.2. The SMILES string of the molecule is CCN(Cc1ccccc1)C(=O)c1cc(C)nc(Nc2ccc(F)cc2)n1. The van der Waals surface area contributed by atoms with Crippen LogP contribution in [0.5, 0.6) is 0 Å². The largest absolute Gasteiger partial charge is 0.333 e. The predicted octanol–water partition coefficient (Wildman–Crippen LogP) is 4.33. The van der Waals surface area contributed by atoms with Crippen molar-refractivity contribution in [2.75, 3.05) is 11.9 Å². The maximum atomic E-state index is 13.1. The fourth-order valence-electron chi connectivity index (χ4n) is 2.69. The molecule has 2 aromatic carbocycles. The van der Waals surface area contributed by atoms with Gasteiger partial charge in [0.15, 0.2) is 0 Å². The van der Waals surface area contributed by atoms with E-state index in [1.807, 2.05) is 44.2 Å². The average molecular weight is 364 g/mol. The molecule has 0 unspecified atom stereocenters. The molecule has 6 heteroatoms. The van der Waals surface area contributed by atoms with Crippen LogP contribution in [0.2, 0.25) is 0 Å². The molecule has 3 aromatic rings. The van der Waals surface area contributed by atoms with Crippen molar-refractivity contribution in [2.45, 2.75) is 20.4 Å². The molecule has 0 aliphatic heterocycles. The Labute approximate surface area is 157 Å². The molecule has 0 aliphatic carbocycles. The number of carbonyl (C=O) groups excluding carboxylic acids is 1. The molecule has 1 amide bonds. The van der Waals surface area contributed by atoms with Crippen molar-refractivity contribution in [2.24, 2.45) is 0 Å². The molecule has 0 spiro atoms. The summed E-state index contributed by atoms with van der Waals surface area (Å²) in [5.74, 6) is -0.171. The highest BCUT2D eigenvalue weighted by Gasteiger charge is 2.17. The van der Waals surface area contributed by atoms with Crippen molar-refractivity contribution in [1.82, 2.24) is 14.9 Å². The molecule has 0 bridgehead atoms. The van der Waals surface area contributed by atoms with Gasteiger partial charge in [-0.1, -0.05) is 30.3 Å². The van der Waals surface area contributed by atoms with Crippen LogP contribution in [0.4, 0.5) is 16.0 Å². The summed E-state index contributed by atoms with van der Waals surface area (Å²) < 4.78 is 13.1. The number of nitrogens with one attached hydrogen (secondary N) is 1. The van der Waals surface area contributed by atoms with Crippen molar-refractivity contribution < 1.29 is 9.18 Å². The Hall–Kier alpha value is -3.28. The summed E-state index contributed by atoms with van der Waals surface area (Å²) in [6.45, 7) is 4.83. The van der Waals surface area contributed by atoms with Gasteiger partial charge in [0.2, 0.25) is 5.95 Å². The topological polar surface area (TPSA) is 58.1 Å². The number of hydrogen-bond acceptors (Lipinski definition) is 4. The van der Waals surface area contributed by atoms with Crippen LogP contribution in [0.3, 0.4) is 0 Å². The first-order chi connectivity index (χ1) is 13.0. The van der Waals surface area contributed by atoms with Crippen molar-refractivity contribution in [1.29, 1.82) is 0 Å². The number of carbonyl (C=O) groups is 1. The van der Waals surface area contributed by atoms with E-state index in [4.69, 9.17) is 0 Å². The Morgan fingerprint density at radius 2 is 1.78 bits per heavy atom. The van der Waals surface area contributed by atoms with E-state index in [9.17, 15) is 9.18 Å². The van der Waals surface area contributed by atoms with Gasteiger partial charge in [0, 0.05) is 24.5 Å². The number of aryl methyl sites for hydroxylation is 1. The van der Waals surface area contributed by atoms with Crippen molar-refractivity contribution in [3.8, 4) is 0 Å². The summed E-state index contributed by atoms with van der Waals surface area (Å²) in [7, 11) is 0. The molecule has 5 nitrogen and oxygen atoms in total. The third-order valence-corrected chi connectivity index (χ3v) is 4.06. The highest BCUT2D eigenvalue weighted by molar-refractivity contribution is 5.92. The van der Waals surface area contributed by atoms with Gasteiger partial charge in [0.25, 0.3) is 5.91 Å². The van der Waals surface area contributed by atoms with E-state index in [0.29, 0.717) is 36.1 Å². The number of benzene rings is 2. The first-order valence-electron chi connectivity index (χ1n) is 8.76. The first kappa shape index (κ1) is 18.5. The Morgan fingerprint density at radius 1 is 1.07 bits per heavy atom.